The molecule has 0 heterocycles. The van der Waals surface area contributed by atoms with E-state index in [1.54, 1.807) is 12.1 Å². The third-order valence-electron chi connectivity index (χ3n) is 2.75. The monoisotopic (exact) mass is 251 g/mol. The van der Waals surface area contributed by atoms with Gasteiger partial charge in [0.2, 0.25) is 5.91 Å². The fourth-order valence-corrected chi connectivity index (χ4v) is 1.80. The second-order valence-electron chi connectivity index (χ2n) is 4.32. The minimum absolute atomic E-state index is 0.413. The Hall–Kier alpha value is -2.04. The number of nitrogens with one attached hydrogen (secondary N) is 1. The van der Waals surface area contributed by atoms with Crippen molar-refractivity contribution in [3.8, 4) is 5.75 Å². The maximum Gasteiger partial charge on any atom is 0.333 e. The number of carboxylic acids is 1. The van der Waals surface area contributed by atoms with Crippen LogP contribution in [0.4, 0.5) is 0 Å². The van der Waals surface area contributed by atoms with E-state index in [0.717, 1.165) is 5.56 Å². The van der Waals surface area contributed by atoms with Gasteiger partial charge in [0.25, 0.3) is 0 Å². The maximum atomic E-state index is 11.5. The molecule has 0 bridgehead atoms. The molecule has 0 fully saturated rings. The lowest BCUT2D eigenvalue weighted by molar-refractivity contribution is -0.147. The van der Waals surface area contributed by atoms with Crippen molar-refractivity contribution in [3.05, 3.63) is 29.3 Å². The van der Waals surface area contributed by atoms with E-state index in [4.69, 9.17) is 4.74 Å². The van der Waals surface area contributed by atoms with Crippen LogP contribution in [0.1, 0.15) is 25.0 Å². The fourth-order valence-electron chi connectivity index (χ4n) is 1.80. The highest BCUT2D eigenvalue weighted by Gasteiger charge is 2.38. The number of carbonyl (C=O) groups is 2. The van der Waals surface area contributed by atoms with E-state index in [-0.39, 0.29) is 0 Å². The van der Waals surface area contributed by atoms with Gasteiger partial charge in [-0.2, -0.15) is 0 Å². The minimum Gasteiger partial charge on any atom is -0.496 e. The van der Waals surface area contributed by atoms with Gasteiger partial charge in [-0.1, -0.05) is 11.6 Å². The Morgan fingerprint density at radius 2 is 2.00 bits per heavy atom. The smallest absolute Gasteiger partial charge is 0.333 e. The first-order valence-corrected chi connectivity index (χ1v) is 5.48. The third-order valence-corrected chi connectivity index (χ3v) is 2.75. The molecule has 2 N–H and O–H groups in total. The Balaban J connectivity index is 3.41. The van der Waals surface area contributed by atoms with Crippen LogP contribution >= 0.6 is 0 Å². The number of aliphatic carboxylic acids is 1. The van der Waals surface area contributed by atoms with Crippen LogP contribution in [0.3, 0.4) is 0 Å². The van der Waals surface area contributed by atoms with Crippen LogP contribution in [0.5, 0.6) is 5.75 Å². The molecule has 1 amide bonds. The first-order valence-electron chi connectivity index (χ1n) is 5.48. The predicted molar refractivity (Wildman–Crippen MR) is 66.5 cm³/mol. The average Bonchev–Trinajstić information content (AvgIpc) is 2.27. The third kappa shape index (κ3) is 2.61. The van der Waals surface area contributed by atoms with Gasteiger partial charge in [0, 0.05) is 12.5 Å². The maximum absolute atomic E-state index is 11.5. The first-order chi connectivity index (χ1) is 8.31. The minimum atomic E-state index is -1.51. The average molecular weight is 251 g/mol. The molecule has 0 radical (unpaired) electrons. The Kier molecular flexibility index (Phi) is 3.96. The summed E-state index contributed by atoms with van der Waals surface area (Å²) in [5.41, 5.74) is -0.195. The van der Waals surface area contributed by atoms with Crippen molar-refractivity contribution in [1.82, 2.24) is 5.32 Å². The molecule has 18 heavy (non-hydrogen) atoms. The lowest BCUT2D eigenvalue weighted by atomic mass is 9.90. The zero-order chi connectivity index (χ0) is 13.9. The van der Waals surface area contributed by atoms with Crippen molar-refractivity contribution in [2.45, 2.75) is 26.3 Å². The van der Waals surface area contributed by atoms with Gasteiger partial charge >= 0.3 is 5.97 Å². The molecule has 0 aliphatic heterocycles. The topological polar surface area (TPSA) is 75.6 Å². The summed E-state index contributed by atoms with van der Waals surface area (Å²) < 4.78 is 5.16. The number of hydrogen-bond donors (Lipinski definition) is 2. The molecule has 0 aliphatic carbocycles. The molecule has 0 saturated heterocycles. The van der Waals surface area contributed by atoms with Crippen LogP contribution in [0.15, 0.2) is 18.2 Å². The number of benzene rings is 1. The quantitative estimate of drug-likeness (QED) is 0.849. The number of aryl methyl sites for hydroxylation is 1. The lowest BCUT2D eigenvalue weighted by Gasteiger charge is -2.28. The molecule has 5 heteroatoms. The van der Waals surface area contributed by atoms with Gasteiger partial charge in [-0.15, -0.1) is 0 Å². The molecule has 1 atom stereocenters. The highest BCUT2D eigenvalue weighted by Crippen LogP contribution is 2.31. The van der Waals surface area contributed by atoms with Crippen molar-refractivity contribution >= 4 is 11.9 Å². The van der Waals surface area contributed by atoms with Gasteiger partial charge in [0.1, 0.15) is 5.75 Å². The van der Waals surface area contributed by atoms with Crippen LogP contribution in [0.2, 0.25) is 0 Å². The molecule has 1 unspecified atom stereocenters. The molecule has 0 aliphatic rings. The van der Waals surface area contributed by atoms with Crippen molar-refractivity contribution in [1.29, 1.82) is 0 Å². The normalized spacial score (nSPS) is 13.6. The van der Waals surface area contributed by atoms with E-state index in [9.17, 15) is 14.7 Å². The summed E-state index contributed by atoms with van der Waals surface area (Å²) in [6, 6.07) is 5.20. The Bertz CT molecular complexity index is 484. The highest BCUT2D eigenvalue weighted by molar-refractivity contribution is 5.87. The molecule has 98 valence electrons. The van der Waals surface area contributed by atoms with Crippen molar-refractivity contribution < 1.29 is 19.4 Å². The number of carbonyl (C=O) groups excluding carboxylic acids is 1. The first kappa shape index (κ1) is 14.0. The summed E-state index contributed by atoms with van der Waals surface area (Å²) in [5.74, 6) is -1.12. The standard InChI is InChI=1S/C13H17NO4/c1-8-5-6-11(18-4)10(7-8)13(3,12(16)17)14-9(2)15/h5-7H,1-4H3,(H,14,15)(H,16,17). The number of carboxylic acid groups (broad SMARTS) is 1. The summed E-state index contributed by atoms with van der Waals surface area (Å²) in [5, 5.41) is 11.8. The second kappa shape index (κ2) is 5.08. The molecule has 1 rings (SSSR count). The van der Waals surface area contributed by atoms with E-state index in [1.165, 1.54) is 21.0 Å². The van der Waals surface area contributed by atoms with Crippen LogP contribution in [0, 0.1) is 6.92 Å². The van der Waals surface area contributed by atoms with Gasteiger partial charge in [-0.05, 0) is 26.0 Å². The molecular weight excluding hydrogens is 234 g/mol. The van der Waals surface area contributed by atoms with Crippen molar-refractivity contribution in [2.24, 2.45) is 0 Å². The Morgan fingerprint density at radius 3 is 2.44 bits per heavy atom. The van der Waals surface area contributed by atoms with Gasteiger partial charge in [0.15, 0.2) is 5.54 Å². The zero-order valence-corrected chi connectivity index (χ0v) is 10.9. The van der Waals surface area contributed by atoms with Crippen LogP contribution < -0.4 is 10.1 Å². The summed E-state index contributed by atoms with van der Waals surface area (Å²) in [4.78, 5) is 22.7. The van der Waals surface area contributed by atoms with E-state index in [1.807, 2.05) is 13.0 Å². The van der Waals surface area contributed by atoms with Crippen molar-refractivity contribution in [3.63, 3.8) is 0 Å². The largest absolute Gasteiger partial charge is 0.496 e. The number of rotatable bonds is 4. The summed E-state index contributed by atoms with van der Waals surface area (Å²) >= 11 is 0. The van der Waals surface area contributed by atoms with E-state index >= 15 is 0 Å². The van der Waals surface area contributed by atoms with Crippen LogP contribution in [0.25, 0.3) is 0 Å². The number of amides is 1. The molecule has 5 nitrogen and oxygen atoms in total. The van der Waals surface area contributed by atoms with Crippen LogP contribution in [-0.2, 0) is 15.1 Å². The van der Waals surface area contributed by atoms with Crippen molar-refractivity contribution in [2.75, 3.05) is 7.11 Å². The lowest BCUT2D eigenvalue weighted by Crippen LogP contribution is -2.49. The second-order valence-corrected chi connectivity index (χ2v) is 4.32. The van der Waals surface area contributed by atoms with Crippen LogP contribution in [-0.4, -0.2) is 24.1 Å². The molecular formula is C13H17NO4. The van der Waals surface area contributed by atoms with E-state index < -0.39 is 17.4 Å². The van der Waals surface area contributed by atoms with E-state index in [0.29, 0.717) is 11.3 Å². The zero-order valence-electron chi connectivity index (χ0n) is 10.9. The predicted octanol–water partition coefficient (Wildman–Crippen LogP) is 1.44. The Labute approximate surface area is 106 Å². The summed E-state index contributed by atoms with van der Waals surface area (Å²) in [6.45, 7) is 4.57. The summed E-state index contributed by atoms with van der Waals surface area (Å²) in [6.07, 6.45) is 0. The number of hydrogen-bond acceptors (Lipinski definition) is 3. The fraction of sp³-hybridized carbons (Fsp3) is 0.385. The van der Waals surface area contributed by atoms with Gasteiger partial charge in [-0.25, -0.2) is 4.79 Å². The summed E-state index contributed by atoms with van der Waals surface area (Å²) in [7, 11) is 1.46. The molecule has 0 saturated carbocycles. The SMILES string of the molecule is COc1ccc(C)cc1C(C)(NC(C)=O)C(=O)O. The molecule has 1 aromatic rings. The molecule has 0 spiro atoms. The van der Waals surface area contributed by atoms with Gasteiger partial charge < -0.3 is 15.2 Å². The number of ether oxygens (including phenoxy) is 1. The van der Waals surface area contributed by atoms with Gasteiger partial charge in [-0.3, -0.25) is 4.79 Å². The molecule has 0 aromatic heterocycles. The van der Waals surface area contributed by atoms with Gasteiger partial charge in [0.05, 0.1) is 7.11 Å². The number of methoxy groups -OCH3 is 1. The van der Waals surface area contributed by atoms with E-state index in [2.05, 4.69) is 5.32 Å². The Morgan fingerprint density at radius 1 is 1.39 bits per heavy atom. The highest BCUT2D eigenvalue weighted by atomic mass is 16.5. The molecule has 1 aromatic carbocycles.